The van der Waals surface area contributed by atoms with Crippen molar-refractivity contribution in [3.8, 4) is 11.5 Å². The van der Waals surface area contributed by atoms with Crippen LogP contribution in [0.4, 0.5) is 8.78 Å². The molecule has 2 aromatic rings. The number of nitrogens with two attached hydrogens (primary N) is 1. The summed E-state index contributed by atoms with van der Waals surface area (Å²) in [7, 11) is 3.85. The Labute approximate surface area is 195 Å². The van der Waals surface area contributed by atoms with Crippen LogP contribution in [0.15, 0.2) is 30.3 Å². The molecule has 12 heteroatoms. The highest BCUT2D eigenvalue weighted by atomic mass is 35.5. The summed E-state index contributed by atoms with van der Waals surface area (Å²) in [6.07, 6.45) is -1.56. The fourth-order valence-corrected chi connectivity index (χ4v) is 2.78. The Morgan fingerprint density at radius 3 is 2.30 bits per heavy atom. The highest BCUT2D eigenvalue weighted by Gasteiger charge is 2.28. The van der Waals surface area contributed by atoms with Crippen LogP contribution >= 0.6 is 12.4 Å². The summed E-state index contributed by atoms with van der Waals surface area (Å²) in [4.78, 5) is 24.2. The molecule has 0 aliphatic carbocycles. The molecule has 0 aromatic heterocycles. The van der Waals surface area contributed by atoms with Crippen LogP contribution in [0.5, 0.6) is 11.5 Å². The summed E-state index contributed by atoms with van der Waals surface area (Å²) in [6.45, 7) is -0.416. The molecule has 0 saturated heterocycles. The van der Waals surface area contributed by atoms with Crippen molar-refractivity contribution in [1.82, 2.24) is 10.6 Å². The first-order valence-corrected chi connectivity index (χ1v) is 9.35. The number of benzene rings is 2. The lowest BCUT2D eigenvalue weighted by Gasteiger charge is -2.19. The number of rotatable bonds is 10. The maximum Gasteiger partial charge on any atom is 0.257 e. The highest BCUT2D eigenvalue weighted by Crippen LogP contribution is 2.28. The van der Waals surface area contributed by atoms with Crippen LogP contribution in [0.3, 0.4) is 0 Å². The summed E-state index contributed by atoms with van der Waals surface area (Å²) in [6, 6.07) is 6.43. The average Bonchev–Trinajstić information content (AvgIpc) is 2.77. The van der Waals surface area contributed by atoms with E-state index in [1.54, 1.807) is 6.07 Å². The standard InChI is InChI=1S/C21H24F2N4O5.ClH/c1-26-17(28)10-32-16-6-11(20(24)25)4-5-12(16)9-27-21(29)19(31-3)18-14(22)7-13(30-2)8-15(18)23;/h4-8,19H,9-10H2,1-3H3,(H3,24,25)(H,26,28)(H,27,29);1H/t19-;/m0./s1. The minimum Gasteiger partial charge on any atom is -0.497 e. The van der Waals surface area contributed by atoms with Crippen molar-refractivity contribution < 1.29 is 32.6 Å². The van der Waals surface area contributed by atoms with Crippen molar-refractivity contribution in [2.45, 2.75) is 12.6 Å². The molecule has 2 amide bonds. The van der Waals surface area contributed by atoms with Crippen molar-refractivity contribution >= 4 is 30.1 Å². The molecule has 0 radical (unpaired) electrons. The van der Waals surface area contributed by atoms with Crippen molar-refractivity contribution in [3.05, 3.63) is 58.7 Å². The number of likely N-dealkylation sites (N-methyl/N-ethyl adjacent to an activating group) is 1. The Bertz CT molecular complexity index is 999. The Balaban J connectivity index is 0.00000544. The molecule has 0 aliphatic heterocycles. The van der Waals surface area contributed by atoms with Gasteiger partial charge in [-0.2, -0.15) is 0 Å². The van der Waals surface area contributed by atoms with E-state index in [9.17, 15) is 18.4 Å². The van der Waals surface area contributed by atoms with E-state index in [0.29, 0.717) is 11.1 Å². The van der Waals surface area contributed by atoms with Gasteiger partial charge in [-0.25, -0.2) is 8.78 Å². The van der Waals surface area contributed by atoms with Crippen LogP contribution in [0.1, 0.15) is 22.8 Å². The van der Waals surface area contributed by atoms with E-state index in [1.165, 1.54) is 26.3 Å². The lowest BCUT2D eigenvalue weighted by atomic mass is 10.1. The van der Waals surface area contributed by atoms with Gasteiger partial charge in [0.05, 0.1) is 12.7 Å². The van der Waals surface area contributed by atoms with Crippen molar-refractivity contribution in [2.75, 3.05) is 27.9 Å². The van der Waals surface area contributed by atoms with Gasteiger partial charge in [-0.1, -0.05) is 12.1 Å². The monoisotopic (exact) mass is 486 g/mol. The predicted octanol–water partition coefficient (Wildman–Crippen LogP) is 1.81. The number of amidine groups is 1. The fourth-order valence-electron chi connectivity index (χ4n) is 2.78. The van der Waals surface area contributed by atoms with Gasteiger partial charge in [-0.3, -0.25) is 15.0 Å². The average molecular weight is 487 g/mol. The van der Waals surface area contributed by atoms with Gasteiger partial charge < -0.3 is 30.6 Å². The molecule has 0 heterocycles. The number of carbonyl (C=O) groups is 2. The zero-order valence-electron chi connectivity index (χ0n) is 18.2. The molecule has 0 fully saturated rings. The molecular formula is C21H25ClF2N4O5. The third kappa shape index (κ3) is 7.02. The van der Waals surface area contributed by atoms with Crippen molar-refractivity contribution in [2.24, 2.45) is 5.73 Å². The number of amides is 2. The van der Waals surface area contributed by atoms with Crippen LogP contribution in [0.2, 0.25) is 0 Å². The van der Waals surface area contributed by atoms with Crippen LogP contribution in [-0.2, 0) is 20.9 Å². The Kier molecular flexibility index (Phi) is 10.5. The molecule has 2 aromatic carbocycles. The number of nitrogen functional groups attached to an aromatic ring is 1. The third-order valence-electron chi connectivity index (χ3n) is 4.49. The number of ether oxygens (including phenoxy) is 3. The van der Waals surface area contributed by atoms with E-state index in [0.717, 1.165) is 19.2 Å². The van der Waals surface area contributed by atoms with E-state index < -0.39 is 35.1 Å². The molecule has 180 valence electrons. The molecule has 33 heavy (non-hydrogen) atoms. The minimum absolute atomic E-state index is 0. The second kappa shape index (κ2) is 12.6. The first-order chi connectivity index (χ1) is 15.2. The molecule has 0 saturated carbocycles. The number of halogens is 3. The molecule has 9 nitrogen and oxygen atoms in total. The van der Waals surface area contributed by atoms with Gasteiger partial charge in [-0.15, -0.1) is 12.4 Å². The molecule has 0 spiro atoms. The summed E-state index contributed by atoms with van der Waals surface area (Å²) in [5.74, 6) is -3.23. The third-order valence-corrected chi connectivity index (χ3v) is 4.49. The van der Waals surface area contributed by atoms with Crippen LogP contribution in [-0.4, -0.2) is 45.5 Å². The molecule has 0 bridgehead atoms. The molecule has 0 aliphatic rings. The van der Waals surface area contributed by atoms with Crippen LogP contribution in [0.25, 0.3) is 0 Å². The molecule has 5 N–H and O–H groups in total. The van der Waals surface area contributed by atoms with Gasteiger partial charge in [-0.05, 0) is 6.07 Å². The summed E-state index contributed by atoms with van der Waals surface area (Å²) < 4.78 is 44.1. The zero-order valence-corrected chi connectivity index (χ0v) is 19.0. The Morgan fingerprint density at radius 2 is 1.79 bits per heavy atom. The normalized spacial score (nSPS) is 11.1. The topological polar surface area (TPSA) is 136 Å². The van der Waals surface area contributed by atoms with Gasteiger partial charge in [0.2, 0.25) is 0 Å². The Hall–Kier alpha value is -3.44. The SMILES string of the molecule is CNC(=O)COc1cc(C(=N)N)ccc1CNC(=O)[C@@H](OC)c1c(F)cc(OC)cc1F.Cl. The first-order valence-electron chi connectivity index (χ1n) is 9.35. The van der Waals surface area contributed by atoms with Gasteiger partial charge in [0.15, 0.2) is 12.7 Å². The maximum atomic E-state index is 14.4. The minimum atomic E-state index is -1.56. The molecular weight excluding hydrogens is 462 g/mol. The molecule has 2 rings (SSSR count). The highest BCUT2D eigenvalue weighted by molar-refractivity contribution is 5.95. The van der Waals surface area contributed by atoms with E-state index >= 15 is 0 Å². The summed E-state index contributed by atoms with van der Waals surface area (Å²) in [5, 5.41) is 12.5. The number of hydrogen-bond donors (Lipinski definition) is 4. The zero-order chi connectivity index (χ0) is 23.8. The van der Waals surface area contributed by atoms with Crippen molar-refractivity contribution in [3.63, 3.8) is 0 Å². The van der Waals surface area contributed by atoms with E-state index in [-0.39, 0.29) is 42.9 Å². The predicted molar refractivity (Wildman–Crippen MR) is 119 cm³/mol. The van der Waals surface area contributed by atoms with Gasteiger partial charge in [0.25, 0.3) is 11.8 Å². The van der Waals surface area contributed by atoms with Gasteiger partial charge in [0, 0.05) is 44.0 Å². The quantitative estimate of drug-likeness (QED) is 0.299. The van der Waals surface area contributed by atoms with Crippen molar-refractivity contribution in [1.29, 1.82) is 5.41 Å². The van der Waals surface area contributed by atoms with Gasteiger partial charge in [0.1, 0.15) is 29.0 Å². The number of carbonyl (C=O) groups excluding carboxylic acids is 2. The summed E-state index contributed by atoms with van der Waals surface area (Å²) >= 11 is 0. The molecule has 1 atom stereocenters. The fraction of sp³-hybridized carbons (Fsp3) is 0.286. The maximum absolute atomic E-state index is 14.4. The largest absolute Gasteiger partial charge is 0.497 e. The van der Waals surface area contributed by atoms with E-state index in [2.05, 4.69) is 10.6 Å². The van der Waals surface area contributed by atoms with E-state index in [4.69, 9.17) is 25.4 Å². The number of hydrogen-bond acceptors (Lipinski definition) is 6. The first kappa shape index (κ1) is 27.6. The van der Waals surface area contributed by atoms with E-state index in [1.807, 2.05) is 0 Å². The summed E-state index contributed by atoms with van der Waals surface area (Å²) in [5.41, 5.74) is 5.72. The van der Waals surface area contributed by atoms with Gasteiger partial charge >= 0.3 is 0 Å². The lowest BCUT2D eigenvalue weighted by molar-refractivity contribution is -0.132. The second-order valence-electron chi connectivity index (χ2n) is 6.54. The second-order valence-corrected chi connectivity index (χ2v) is 6.54. The number of methoxy groups -OCH3 is 2. The smallest absolute Gasteiger partial charge is 0.257 e. The van der Waals surface area contributed by atoms with Crippen LogP contribution in [0, 0.1) is 17.0 Å². The Morgan fingerprint density at radius 1 is 1.15 bits per heavy atom. The number of nitrogens with one attached hydrogen (secondary N) is 3. The van der Waals surface area contributed by atoms with Crippen LogP contribution < -0.4 is 25.8 Å². The lowest BCUT2D eigenvalue weighted by Crippen LogP contribution is -2.31. The molecule has 0 unspecified atom stereocenters.